The predicted molar refractivity (Wildman–Crippen MR) is 70.1 cm³/mol. The van der Waals surface area contributed by atoms with Crippen LogP contribution in [0.15, 0.2) is 18.2 Å². The van der Waals surface area contributed by atoms with Crippen LogP contribution in [0.3, 0.4) is 0 Å². The lowest BCUT2D eigenvalue weighted by molar-refractivity contribution is -0.388. The van der Waals surface area contributed by atoms with E-state index in [0.717, 1.165) is 18.6 Å². The van der Waals surface area contributed by atoms with Gasteiger partial charge in [-0.15, -0.1) is 0 Å². The second-order valence-electron chi connectivity index (χ2n) is 5.07. The van der Waals surface area contributed by atoms with Crippen molar-refractivity contribution < 1.29 is 23.2 Å². The Kier molecular flexibility index (Phi) is 4.36. The Labute approximate surface area is 119 Å². The fourth-order valence-corrected chi connectivity index (χ4v) is 2.59. The van der Waals surface area contributed by atoms with Gasteiger partial charge in [0, 0.05) is 31.5 Å². The molecule has 0 aliphatic carbocycles. The molecule has 1 aliphatic heterocycles. The van der Waals surface area contributed by atoms with Crippen molar-refractivity contribution in [1.82, 2.24) is 0 Å². The molecule has 0 bridgehead atoms. The Hall–Kier alpha value is -1.83. The number of nitrogens with zero attached hydrogens (tertiary/aromatic N) is 2. The molecule has 2 rings (SSSR count). The summed E-state index contributed by atoms with van der Waals surface area (Å²) in [5, 5.41) is 19.6. The first-order valence-electron chi connectivity index (χ1n) is 6.54. The molecule has 0 spiro atoms. The highest BCUT2D eigenvalue weighted by Gasteiger charge is 2.39. The molecule has 1 fully saturated rings. The van der Waals surface area contributed by atoms with Crippen molar-refractivity contribution in [3.63, 3.8) is 0 Å². The zero-order chi connectivity index (χ0) is 15.6. The smallest absolute Gasteiger partial charge is 0.396 e. The van der Waals surface area contributed by atoms with Gasteiger partial charge in [-0.2, -0.15) is 13.2 Å². The number of nitro groups is 1. The van der Waals surface area contributed by atoms with Gasteiger partial charge in [0.25, 0.3) is 5.69 Å². The van der Waals surface area contributed by atoms with E-state index in [0.29, 0.717) is 25.2 Å². The van der Waals surface area contributed by atoms with Gasteiger partial charge in [0.1, 0.15) is 5.56 Å². The molecule has 1 N–H and O–H groups in total. The van der Waals surface area contributed by atoms with E-state index in [4.69, 9.17) is 5.11 Å². The van der Waals surface area contributed by atoms with E-state index in [2.05, 4.69) is 0 Å². The molecule has 1 aliphatic rings. The highest BCUT2D eigenvalue weighted by molar-refractivity contribution is 5.57. The molecular weight excluding hydrogens is 289 g/mol. The van der Waals surface area contributed by atoms with Crippen LogP contribution in [0.2, 0.25) is 0 Å². The van der Waals surface area contributed by atoms with E-state index >= 15 is 0 Å². The number of hydrogen-bond acceptors (Lipinski definition) is 4. The van der Waals surface area contributed by atoms with Crippen LogP contribution in [-0.2, 0) is 6.18 Å². The number of aliphatic hydroxyl groups is 1. The van der Waals surface area contributed by atoms with Gasteiger partial charge in [0.05, 0.1) is 4.92 Å². The summed E-state index contributed by atoms with van der Waals surface area (Å²) in [5.41, 5.74) is -1.83. The second kappa shape index (κ2) is 5.88. The molecule has 1 aromatic rings. The van der Waals surface area contributed by atoms with Crippen LogP contribution in [0, 0.1) is 16.0 Å². The van der Waals surface area contributed by atoms with Crippen molar-refractivity contribution >= 4 is 11.4 Å². The summed E-state index contributed by atoms with van der Waals surface area (Å²) in [4.78, 5) is 11.4. The third-order valence-electron chi connectivity index (χ3n) is 3.67. The maximum atomic E-state index is 12.9. The summed E-state index contributed by atoms with van der Waals surface area (Å²) in [6.45, 7) is 1.18. The lowest BCUT2D eigenvalue weighted by Crippen LogP contribution is -2.21. The van der Waals surface area contributed by atoms with Crippen LogP contribution < -0.4 is 4.90 Å². The molecule has 5 nitrogen and oxygen atoms in total. The van der Waals surface area contributed by atoms with Crippen molar-refractivity contribution in [1.29, 1.82) is 0 Å². The molecule has 1 saturated heterocycles. The summed E-state index contributed by atoms with van der Waals surface area (Å²) in [6.07, 6.45) is -3.36. The number of nitro benzene ring substituents is 1. The molecule has 1 aromatic carbocycles. The van der Waals surface area contributed by atoms with Gasteiger partial charge in [-0.1, -0.05) is 0 Å². The van der Waals surface area contributed by atoms with Crippen LogP contribution in [0.25, 0.3) is 0 Å². The van der Waals surface area contributed by atoms with Gasteiger partial charge in [-0.25, -0.2) is 0 Å². The van der Waals surface area contributed by atoms with Crippen LogP contribution in [0.5, 0.6) is 0 Å². The Morgan fingerprint density at radius 1 is 1.43 bits per heavy atom. The topological polar surface area (TPSA) is 66.6 Å². The lowest BCUT2D eigenvalue weighted by atomic mass is 10.1. The molecule has 0 aromatic heterocycles. The normalized spacial score (nSPS) is 19.0. The number of aliphatic hydroxyl groups excluding tert-OH is 1. The van der Waals surface area contributed by atoms with E-state index in [-0.39, 0.29) is 12.5 Å². The number of halogens is 3. The van der Waals surface area contributed by atoms with Crippen molar-refractivity contribution in [2.24, 2.45) is 5.92 Å². The van der Waals surface area contributed by atoms with Crippen molar-refractivity contribution in [2.75, 3.05) is 24.6 Å². The van der Waals surface area contributed by atoms with E-state index < -0.39 is 22.4 Å². The Balaban J connectivity index is 2.29. The van der Waals surface area contributed by atoms with Crippen LogP contribution >= 0.6 is 0 Å². The molecule has 0 amide bonds. The van der Waals surface area contributed by atoms with Gasteiger partial charge in [0.2, 0.25) is 0 Å². The van der Waals surface area contributed by atoms with Gasteiger partial charge < -0.3 is 10.0 Å². The van der Waals surface area contributed by atoms with E-state index in [1.54, 1.807) is 4.90 Å². The Morgan fingerprint density at radius 3 is 2.71 bits per heavy atom. The number of anilines is 1. The summed E-state index contributed by atoms with van der Waals surface area (Å²) in [6, 6.07) is 3.08. The number of hydrogen-bond donors (Lipinski definition) is 1. The molecule has 116 valence electrons. The van der Waals surface area contributed by atoms with Gasteiger partial charge in [-0.05, 0) is 30.9 Å². The van der Waals surface area contributed by atoms with Crippen molar-refractivity contribution in [3.8, 4) is 0 Å². The molecule has 0 saturated carbocycles. The SMILES string of the molecule is O=[N+]([O-])c1ccc(N2CCC(CCO)C2)cc1C(F)(F)F. The maximum Gasteiger partial charge on any atom is 0.423 e. The molecule has 1 unspecified atom stereocenters. The first-order chi connectivity index (χ1) is 9.82. The zero-order valence-electron chi connectivity index (χ0n) is 11.1. The summed E-state index contributed by atoms with van der Waals surface area (Å²) >= 11 is 0. The monoisotopic (exact) mass is 304 g/mol. The highest BCUT2D eigenvalue weighted by Crippen LogP contribution is 2.39. The maximum absolute atomic E-state index is 12.9. The molecule has 1 heterocycles. The van der Waals surface area contributed by atoms with Gasteiger partial charge >= 0.3 is 6.18 Å². The molecule has 1 atom stereocenters. The first kappa shape index (κ1) is 15.6. The third kappa shape index (κ3) is 3.44. The Bertz CT molecular complexity index is 534. The highest BCUT2D eigenvalue weighted by atomic mass is 19.4. The summed E-state index contributed by atoms with van der Waals surface area (Å²) in [7, 11) is 0. The van der Waals surface area contributed by atoms with Crippen LogP contribution in [0.1, 0.15) is 18.4 Å². The van der Waals surface area contributed by atoms with Crippen molar-refractivity contribution in [2.45, 2.75) is 19.0 Å². The lowest BCUT2D eigenvalue weighted by Gasteiger charge is -2.20. The van der Waals surface area contributed by atoms with Crippen LogP contribution in [-0.4, -0.2) is 29.7 Å². The minimum absolute atomic E-state index is 0.0482. The van der Waals surface area contributed by atoms with Crippen LogP contribution in [0.4, 0.5) is 24.5 Å². The molecule has 8 heteroatoms. The number of alkyl halides is 3. The quantitative estimate of drug-likeness (QED) is 0.686. The average Bonchev–Trinajstić information content (AvgIpc) is 2.86. The van der Waals surface area contributed by atoms with Gasteiger partial charge in [0.15, 0.2) is 0 Å². The predicted octanol–water partition coefficient (Wildman–Crippen LogP) is 2.82. The number of benzene rings is 1. The summed E-state index contributed by atoms with van der Waals surface area (Å²) in [5.74, 6) is 0.236. The van der Waals surface area contributed by atoms with Gasteiger partial charge in [-0.3, -0.25) is 10.1 Å². The Morgan fingerprint density at radius 2 is 2.14 bits per heavy atom. The molecular formula is C13H15F3N2O3. The molecule has 0 radical (unpaired) electrons. The van der Waals surface area contributed by atoms with E-state index in [9.17, 15) is 23.3 Å². The summed E-state index contributed by atoms with van der Waals surface area (Å²) < 4.78 is 38.8. The van der Waals surface area contributed by atoms with Crippen molar-refractivity contribution in [3.05, 3.63) is 33.9 Å². The standard InChI is InChI=1S/C13H15F3N2O3/c14-13(15,16)11-7-10(1-2-12(11)18(20)21)17-5-3-9(8-17)4-6-19/h1-2,7,9,19H,3-6,8H2. The second-order valence-corrected chi connectivity index (χ2v) is 5.07. The largest absolute Gasteiger partial charge is 0.423 e. The fourth-order valence-electron chi connectivity index (χ4n) is 2.59. The number of rotatable bonds is 4. The third-order valence-corrected chi connectivity index (χ3v) is 3.67. The molecule has 21 heavy (non-hydrogen) atoms. The minimum Gasteiger partial charge on any atom is -0.396 e. The van der Waals surface area contributed by atoms with E-state index in [1.807, 2.05) is 0 Å². The average molecular weight is 304 g/mol. The fraction of sp³-hybridized carbons (Fsp3) is 0.538. The zero-order valence-corrected chi connectivity index (χ0v) is 11.1. The van der Waals surface area contributed by atoms with E-state index in [1.165, 1.54) is 6.07 Å². The minimum atomic E-state index is -4.76. The first-order valence-corrected chi connectivity index (χ1v) is 6.54.